The quantitative estimate of drug-likeness (QED) is 0.722. The third-order valence-corrected chi connectivity index (χ3v) is 7.93. The molecule has 4 rings (SSSR count). The van der Waals surface area contributed by atoms with Crippen molar-refractivity contribution in [2.75, 3.05) is 13.1 Å². The van der Waals surface area contributed by atoms with Crippen LogP contribution < -0.4 is 5.32 Å². The van der Waals surface area contributed by atoms with E-state index >= 15 is 0 Å². The van der Waals surface area contributed by atoms with Crippen LogP contribution in [0.5, 0.6) is 0 Å². The first-order chi connectivity index (χ1) is 14.9. The molecule has 1 saturated heterocycles. The third-order valence-electron chi connectivity index (χ3n) is 6.73. The van der Waals surface area contributed by atoms with Gasteiger partial charge in [-0.05, 0) is 62.8 Å². The number of rotatable bonds is 5. The minimum atomic E-state index is -0.289. The molecule has 0 bridgehead atoms. The van der Waals surface area contributed by atoms with Gasteiger partial charge in [-0.1, -0.05) is 19.8 Å². The van der Waals surface area contributed by atoms with Crippen LogP contribution in [0.4, 0.5) is 4.39 Å². The molecule has 2 heterocycles. The minimum absolute atomic E-state index is 0.00451. The van der Waals surface area contributed by atoms with Gasteiger partial charge in [0.2, 0.25) is 5.91 Å². The van der Waals surface area contributed by atoms with Gasteiger partial charge in [0.05, 0.1) is 5.69 Å². The second-order valence-electron chi connectivity index (χ2n) is 8.85. The lowest BCUT2D eigenvalue weighted by molar-refractivity contribution is -0.127. The van der Waals surface area contributed by atoms with E-state index in [2.05, 4.69) is 10.3 Å². The van der Waals surface area contributed by atoms with Gasteiger partial charge < -0.3 is 10.2 Å². The molecule has 166 valence electrons. The van der Waals surface area contributed by atoms with Crippen LogP contribution in [0.15, 0.2) is 24.3 Å². The number of likely N-dealkylation sites (tertiary alicyclic amines) is 1. The number of carbonyl (C=O) groups excluding carboxylic acids is 2. The van der Waals surface area contributed by atoms with Crippen LogP contribution in [-0.4, -0.2) is 40.8 Å². The van der Waals surface area contributed by atoms with E-state index in [1.165, 1.54) is 36.3 Å². The molecule has 0 radical (unpaired) electrons. The number of benzene rings is 1. The average Bonchev–Trinajstić information content (AvgIpc) is 3.43. The number of amides is 2. The van der Waals surface area contributed by atoms with Gasteiger partial charge in [-0.25, -0.2) is 9.37 Å². The Morgan fingerprint density at radius 1 is 1.13 bits per heavy atom. The number of thiazole rings is 1. The molecule has 7 heteroatoms. The van der Waals surface area contributed by atoms with Gasteiger partial charge in [0.25, 0.3) is 5.91 Å². The Kier molecular flexibility index (Phi) is 6.70. The number of nitrogens with zero attached hydrogens (tertiary/aromatic N) is 2. The molecule has 2 amide bonds. The molecule has 1 unspecified atom stereocenters. The maximum Gasteiger partial charge on any atom is 0.265 e. The molecule has 2 aliphatic rings. The number of carbonyl (C=O) groups is 2. The molecule has 1 aromatic heterocycles. The summed E-state index contributed by atoms with van der Waals surface area (Å²) >= 11 is 1.36. The molecule has 31 heavy (non-hydrogen) atoms. The summed E-state index contributed by atoms with van der Waals surface area (Å²) in [6, 6.07) is 6.53. The summed E-state index contributed by atoms with van der Waals surface area (Å²) in [6.07, 6.45) is 6.29. The fourth-order valence-electron chi connectivity index (χ4n) is 4.67. The number of hydrogen-bond acceptors (Lipinski definition) is 4. The van der Waals surface area contributed by atoms with E-state index < -0.39 is 0 Å². The maximum absolute atomic E-state index is 13.2. The van der Waals surface area contributed by atoms with E-state index in [-0.39, 0.29) is 23.5 Å². The Labute approximate surface area is 187 Å². The van der Waals surface area contributed by atoms with Crippen LogP contribution in [0.25, 0.3) is 10.6 Å². The van der Waals surface area contributed by atoms with Crippen LogP contribution in [0.3, 0.4) is 0 Å². The first-order valence-corrected chi connectivity index (χ1v) is 12.1. The van der Waals surface area contributed by atoms with Crippen LogP contribution in [0.2, 0.25) is 0 Å². The van der Waals surface area contributed by atoms with Crippen molar-refractivity contribution < 1.29 is 14.0 Å². The molecule has 1 N–H and O–H groups in total. The number of piperidine rings is 1. The van der Waals surface area contributed by atoms with Crippen LogP contribution in [0, 0.1) is 24.6 Å². The van der Waals surface area contributed by atoms with E-state index in [0.717, 1.165) is 36.3 Å². The summed E-state index contributed by atoms with van der Waals surface area (Å²) in [5.74, 6) is 0.169. The minimum Gasteiger partial charge on any atom is -0.353 e. The normalized spacial score (nSPS) is 18.9. The van der Waals surface area contributed by atoms with Crippen molar-refractivity contribution in [2.24, 2.45) is 11.8 Å². The number of hydrogen-bond donors (Lipinski definition) is 1. The van der Waals surface area contributed by atoms with Crippen molar-refractivity contribution in [1.82, 2.24) is 15.2 Å². The van der Waals surface area contributed by atoms with Crippen molar-refractivity contribution in [2.45, 2.75) is 58.4 Å². The summed E-state index contributed by atoms with van der Waals surface area (Å²) in [5, 5.41) is 3.95. The van der Waals surface area contributed by atoms with Gasteiger partial charge in [-0.2, -0.15) is 0 Å². The smallest absolute Gasteiger partial charge is 0.265 e. The molecule has 2 aromatic rings. The standard InChI is InChI=1S/C24H30FN3O2S/c1-15(22(29)27-20-5-3-4-6-20)17-11-13-28(14-12-17)24(30)21-16(2)26-23(31-21)18-7-9-19(25)10-8-18/h7-10,15,17,20H,3-6,11-14H2,1-2H3,(H,27,29). The first-order valence-electron chi connectivity index (χ1n) is 11.3. The topological polar surface area (TPSA) is 62.3 Å². The molecule has 1 saturated carbocycles. The van der Waals surface area contributed by atoms with Gasteiger partial charge in [0.1, 0.15) is 15.7 Å². The molecular formula is C24H30FN3O2S. The maximum atomic E-state index is 13.2. The Morgan fingerprint density at radius 3 is 2.42 bits per heavy atom. The lowest BCUT2D eigenvalue weighted by atomic mass is 9.84. The van der Waals surface area contributed by atoms with Crippen LogP contribution in [-0.2, 0) is 4.79 Å². The molecule has 5 nitrogen and oxygen atoms in total. The highest BCUT2D eigenvalue weighted by atomic mass is 32.1. The summed E-state index contributed by atoms with van der Waals surface area (Å²) in [7, 11) is 0. The van der Waals surface area contributed by atoms with Crippen molar-refractivity contribution in [3.05, 3.63) is 40.7 Å². The molecular weight excluding hydrogens is 413 g/mol. The van der Waals surface area contributed by atoms with Crippen molar-refractivity contribution >= 4 is 23.2 Å². The number of aromatic nitrogens is 1. The van der Waals surface area contributed by atoms with Gasteiger partial charge in [-0.15, -0.1) is 11.3 Å². The first kappa shape index (κ1) is 21.9. The summed E-state index contributed by atoms with van der Waals surface area (Å²) in [6.45, 7) is 5.19. The van der Waals surface area contributed by atoms with Crippen molar-refractivity contribution in [3.8, 4) is 10.6 Å². The Bertz CT molecular complexity index is 929. The summed E-state index contributed by atoms with van der Waals surface area (Å²) in [4.78, 5) is 32.8. The summed E-state index contributed by atoms with van der Waals surface area (Å²) < 4.78 is 13.2. The zero-order valence-electron chi connectivity index (χ0n) is 18.2. The zero-order valence-corrected chi connectivity index (χ0v) is 19.0. The lowest BCUT2D eigenvalue weighted by Gasteiger charge is -2.34. The van der Waals surface area contributed by atoms with E-state index in [1.807, 2.05) is 18.7 Å². The predicted octanol–water partition coefficient (Wildman–Crippen LogP) is 4.80. The SMILES string of the molecule is Cc1nc(-c2ccc(F)cc2)sc1C(=O)N1CCC(C(C)C(=O)NC2CCCC2)CC1. The van der Waals surface area contributed by atoms with Gasteiger partial charge in [-0.3, -0.25) is 9.59 Å². The van der Waals surface area contributed by atoms with E-state index in [1.54, 1.807) is 12.1 Å². The van der Waals surface area contributed by atoms with E-state index in [0.29, 0.717) is 35.6 Å². The lowest BCUT2D eigenvalue weighted by Crippen LogP contribution is -2.44. The fraction of sp³-hybridized carbons (Fsp3) is 0.542. The molecule has 1 atom stereocenters. The van der Waals surface area contributed by atoms with Crippen molar-refractivity contribution in [1.29, 1.82) is 0 Å². The largest absolute Gasteiger partial charge is 0.353 e. The van der Waals surface area contributed by atoms with Crippen LogP contribution in [0.1, 0.15) is 60.8 Å². The predicted molar refractivity (Wildman–Crippen MR) is 120 cm³/mol. The molecule has 1 aromatic carbocycles. The highest BCUT2D eigenvalue weighted by molar-refractivity contribution is 7.17. The second kappa shape index (κ2) is 9.47. The molecule has 1 aliphatic heterocycles. The Morgan fingerprint density at radius 2 is 1.77 bits per heavy atom. The number of halogens is 1. The Balaban J connectivity index is 1.35. The molecule has 0 spiro atoms. The van der Waals surface area contributed by atoms with Crippen LogP contribution >= 0.6 is 11.3 Å². The Hall–Kier alpha value is -2.28. The third kappa shape index (κ3) is 4.97. The molecule has 2 fully saturated rings. The van der Waals surface area contributed by atoms with Gasteiger partial charge in [0.15, 0.2) is 0 Å². The fourth-order valence-corrected chi connectivity index (χ4v) is 5.71. The molecule has 1 aliphatic carbocycles. The monoisotopic (exact) mass is 443 g/mol. The average molecular weight is 444 g/mol. The summed E-state index contributed by atoms with van der Waals surface area (Å²) in [5.41, 5.74) is 1.52. The highest BCUT2D eigenvalue weighted by Crippen LogP contribution is 2.31. The zero-order chi connectivity index (χ0) is 22.0. The number of nitrogens with one attached hydrogen (secondary N) is 1. The van der Waals surface area contributed by atoms with Crippen molar-refractivity contribution in [3.63, 3.8) is 0 Å². The second-order valence-corrected chi connectivity index (χ2v) is 9.85. The van der Waals surface area contributed by atoms with E-state index in [4.69, 9.17) is 0 Å². The van der Waals surface area contributed by atoms with E-state index in [9.17, 15) is 14.0 Å². The van der Waals surface area contributed by atoms with Gasteiger partial charge >= 0.3 is 0 Å². The number of aryl methyl sites for hydroxylation is 1. The van der Waals surface area contributed by atoms with Gasteiger partial charge in [0, 0.05) is 30.6 Å². The highest BCUT2D eigenvalue weighted by Gasteiger charge is 2.32.